The zero-order valence-corrected chi connectivity index (χ0v) is 13.7. The molecule has 0 radical (unpaired) electrons. The van der Waals surface area contributed by atoms with E-state index in [2.05, 4.69) is 4.72 Å². The number of sulfonamides is 1. The lowest BCUT2D eigenvalue weighted by Gasteiger charge is -2.16. The molecule has 1 saturated heterocycles. The first kappa shape index (κ1) is 17.8. The maximum atomic E-state index is 14.2. The molecule has 3 N–H and O–H groups in total. The van der Waals surface area contributed by atoms with Gasteiger partial charge in [-0.25, -0.2) is 17.5 Å². The SMILES string of the molecule is NCCCCNS(=O)(=O)c1ccc(C(=O)N2CCCC2)c(F)c1. The predicted molar refractivity (Wildman–Crippen MR) is 85.0 cm³/mol. The van der Waals surface area contributed by atoms with Crippen LogP contribution in [0.2, 0.25) is 0 Å². The first-order valence-electron chi connectivity index (χ1n) is 7.74. The molecule has 1 aromatic rings. The summed E-state index contributed by atoms with van der Waals surface area (Å²) in [6.07, 6.45) is 3.14. The molecule has 1 aliphatic heterocycles. The Kier molecular flexibility index (Phi) is 6.09. The van der Waals surface area contributed by atoms with Crippen LogP contribution in [-0.4, -0.2) is 45.4 Å². The smallest absolute Gasteiger partial charge is 0.256 e. The van der Waals surface area contributed by atoms with Crippen LogP contribution in [0.4, 0.5) is 4.39 Å². The van der Waals surface area contributed by atoms with Gasteiger partial charge in [0.15, 0.2) is 0 Å². The Morgan fingerprint density at radius 2 is 1.96 bits per heavy atom. The fraction of sp³-hybridized carbons (Fsp3) is 0.533. The van der Waals surface area contributed by atoms with Crippen molar-refractivity contribution in [3.05, 3.63) is 29.6 Å². The number of rotatable bonds is 7. The monoisotopic (exact) mass is 343 g/mol. The number of benzene rings is 1. The average molecular weight is 343 g/mol. The maximum absolute atomic E-state index is 14.2. The van der Waals surface area contributed by atoms with Crippen molar-refractivity contribution in [3.8, 4) is 0 Å². The summed E-state index contributed by atoms with van der Waals surface area (Å²) in [6, 6.07) is 3.40. The third-order valence-corrected chi connectivity index (χ3v) is 5.26. The Bertz CT molecular complexity index is 658. The van der Waals surface area contributed by atoms with E-state index < -0.39 is 15.8 Å². The van der Waals surface area contributed by atoms with Crippen LogP contribution in [0.5, 0.6) is 0 Å². The number of amides is 1. The number of halogens is 1. The van der Waals surface area contributed by atoms with Crippen LogP contribution >= 0.6 is 0 Å². The fourth-order valence-electron chi connectivity index (χ4n) is 2.49. The standard InChI is InChI=1S/C15H22FN3O3S/c16-14-11-12(23(21,22)18-8-2-1-7-17)5-6-13(14)15(20)19-9-3-4-10-19/h5-6,11,18H,1-4,7-10,17H2. The Hall–Kier alpha value is -1.51. The van der Waals surface area contributed by atoms with Crippen molar-refractivity contribution in [2.75, 3.05) is 26.2 Å². The van der Waals surface area contributed by atoms with Crippen LogP contribution < -0.4 is 10.5 Å². The van der Waals surface area contributed by atoms with E-state index in [4.69, 9.17) is 5.73 Å². The van der Waals surface area contributed by atoms with Crippen LogP contribution in [0.1, 0.15) is 36.0 Å². The molecule has 0 bridgehead atoms. The Morgan fingerprint density at radius 3 is 2.57 bits per heavy atom. The second-order valence-corrected chi connectivity index (χ2v) is 7.30. The van der Waals surface area contributed by atoms with Gasteiger partial charge >= 0.3 is 0 Å². The normalized spacial score (nSPS) is 15.1. The highest BCUT2D eigenvalue weighted by Gasteiger charge is 2.24. The largest absolute Gasteiger partial charge is 0.339 e. The first-order valence-corrected chi connectivity index (χ1v) is 9.22. The van der Waals surface area contributed by atoms with Crippen molar-refractivity contribution in [3.63, 3.8) is 0 Å². The third-order valence-electron chi connectivity index (χ3n) is 3.80. The highest BCUT2D eigenvalue weighted by atomic mass is 32.2. The van der Waals surface area contributed by atoms with E-state index in [-0.39, 0.29) is 22.9 Å². The molecule has 0 unspecified atom stereocenters. The molecule has 0 aliphatic carbocycles. The van der Waals surface area contributed by atoms with Crippen LogP contribution in [0.3, 0.4) is 0 Å². The van der Waals surface area contributed by atoms with E-state index in [9.17, 15) is 17.6 Å². The van der Waals surface area contributed by atoms with E-state index >= 15 is 0 Å². The molecule has 1 fully saturated rings. The number of nitrogens with zero attached hydrogens (tertiary/aromatic N) is 1. The third kappa shape index (κ3) is 4.49. The quantitative estimate of drug-likeness (QED) is 0.725. The minimum Gasteiger partial charge on any atom is -0.339 e. The zero-order chi connectivity index (χ0) is 16.9. The predicted octanol–water partition coefficient (Wildman–Crippen LogP) is 1.08. The molecule has 23 heavy (non-hydrogen) atoms. The molecule has 0 spiro atoms. The van der Waals surface area contributed by atoms with E-state index in [0.29, 0.717) is 32.5 Å². The van der Waals surface area contributed by atoms with Crippen molar-refractivity contribution in [1.29, 1.82) is 0 Å². The lowest BCUT2D eigenvalue weighted by molar-refractivity contribution is 0.0788. The molecule has 8 heteroatoms. The number of carbonyl (C=O) groups is 1. The first-order chi connectivity index (χ1) is 11.0. The molecule has 0 aromatic heterocycles. The Morgan fingerprint density at radius 1 is 1.26 bits per heavy atom. The van der Waals surface area contributed by atoms with Crippen molar-refractivity contribution < 1.29 is 17.6 Å². The van der Waals surface area contributed by atoms with Gasteiger partial charge in [0.1, 0.15) is 5.82 Å². The fourth-order valence-corrected chi connectivity index (χ4v) is 3.57. The summed E-state index contributed by atoms with van der Waals surface area (Å²) in [6.45, 7) is 1.96. The van der Waals surface area contributed by atoms with Gasteiger partial charge < -0.3 is 10.6 Å². The van der Waals surface area contributed by atoms with E-state index in [1.165, 1.54) is 12.1 Å². The highest BCUT2D eigenvalue weighted by molar-refractivity contribution is 7.89. The minimum absolute atomic E-state index is 0.0889. The molecular formula is C15H22FN3O3S. The van der Waals surface area contributed by atoms with Crippen LogP contribution in [0, 0.1) is 5.82 Å². The summed E-state index contributed by atoms with van der Waals surface area (Å²) in [7, 11) is -3.78. The van der Waals surface area contributed by atoms with Crippen molar-refractivity contribution >= 4 is 15.9 Å². The van der Waals surface area contributed by atoms with Gasteiger partial charge in [0, 0.05) is 19.6 Å². The molecule has 2 rings (SSSR count). The molecule has 128 valence electrons. The van der Waals surface area contributed by atoms with Gasteiger partial charge in [-0.05, 0) is 50.4 Å². The summed E-state index contributed by atoms with van der Waals surface area (Å²) in [5.74, 6) is -1.20. The maximum Gasteiger partial charge on any atom is 0.256 e. The molecule has 0 atom stereocenters. The number of hydrogen-bond donors (Lipinski definition) is 2. The molecule has 0 saturated carbocycles. The molecule has 6 nitrogen and oxygen atoms in total. The van der Waals surface area contributed by atoms with Gasteiger partial charge in [-0.1, -0.05) is 0 Å². The summed E-state index contributed by atoms with van der Waals surface area (Å²) >= 11 is 0. The van der Waals surface area contributed by atoms with E-state index in [1.807, 2.05) is 0 Å². The van der Waals surface area contributed by atoms with Gasteiger partial charge in [0.05, 0.1) is 10.5 Å². The Balaban J connectivity index is 2.10. The summed E-state index contributed by atoms with van der Waals surface area (Å²) in [4.78, 5) is 13.6. The number of unbranched alkanes of at least 4 members (excludes halogenated alkanes) is 1. The van der Waals surface area contributed by atoms with Gasteiger partial charge in [-0.15, -0.1) is 0 Å². The lowest BCUT2D eigenvalue weighted by atomic mass is 10.2. The molecule has 1 heterocycles. The second kappa shape index (κ2) is 7.85. The van der Waals surface area contributed by atoms with E-state index in [1.54, 1.807) is 4.90 Å². The van der Waals surface area contributed by atoms with Gasteiger partial charge in [-0.3, -0.25) is 4.79 Å². The van der Waals surface area contributed by atoms with Crippen LogP contribution in [0.15, 0.2) is 23.1 Å². The van der Waals surface area contributed by atoms with Gasteiger partial charge in [-0.2, -0.15) is 0 Å². The number of likely N-dealkylation sites (tertiary alicyclic amines) is 1. The van der Waals surface area contributed by atoms with Crippen LogP contribution in [0.25, 0.3) is 0 Å². The number of nitrogens with one attached hydrogen (secondary N) is 1. The van der Waals surface area contributed by atoms with Crippen molar-refractivity contribution in [2.24, 2.45) is 5.73 Å². The van der Waals surface area contributed by atoms with E-state index in [0.717, 1.165) is 18.9 Å². The molecule has 1 amide bonds. The Labute approximate surface area is 135 Å². The zero-order valence-electron chi connectivity index (χ0n) is 12.9. The topological polar surface area (TPSA) is 92.5 Å². The van der Waals surface area contributed by atoms with Crippen LogP contribution in [-0.2, 0) is 10.0 Å². The van der Waals surface area contributed by atoms with Crippen molar-refractivity contribution in [1.82, 2.24) is 9.62 Å². The molecule has 1 aromatic carbocycles. The van der Waals surface area contributed by atoms with Gasteiger partial charge in [0.25, 0.3) is 5.91 Å². The average Bonchev–Trinajstić information content (AvgIpc) is 3.05. The number of carbonyl (C=O) groups excluding carboxylic acids is 1. The number of nitrogens with two attached hydrogens (primary N) is 1. The molecule has 1 aliphatic rings. The van der Waals surface area contributed by atoms with Gasteiger partial charge in [0.2, 0.25) is 10.0 Å². The summed E-state index contributed by atoms with van der Waals surface area (Å²) in [5, 5.41) is 0. The highest BCUT2D eigenvalue weighted by Crippen LogP contribution is 2.19. The van der Waals surface area contributed by atoms with Crippen molar-refractivity contribution in [2.45, 2.75) is 30.6 Å². The second-order valence-electron chi connectivity index (χ2n) is 5.53. The lowest BCUT2D eigenvalue weighted by Crippen LogP contribution is -2.29. The number of hydrogen-bond acceptors (Lipinski definition) is 4. The minimum atomic E-state index is -3.78. The summed E-state index contributed by atoms with van der Waals surface area (Å²) < 4.78 is 40.7. The summed E-state index contributed by atoms with van der Waals surface area (Å²) in [5.41, 5.74) is 5.25. The molecular weight excluding hydrogens is 321 g/mol.